The molecule has 0 spiro atoms. The Hall–Kier alpha value is -1.62. The van der Waals surface area contributed by atoms with Crippen LogP contribution < -0.4 is 0 Å². The predicted molar refractivity (Wildman–Crippen MR) is 83.5 cm³/mol. The van der Waals surface area contributed by atoms with Gasteiger partial charge in [0.1, 0.15) is 0 Å². The molecule has 1 heterocycles. The molecule has 5 nitrogen and oxygen atoms in total. The molecular formula is C17H26O5. The number of allylic oxidation sites excluding steroid dienone is 2. The van der Waals surface area contributed by atoms with Crippen LogP contribution in [-0.2, 0) is 19.1 Å². The van der Waals surface area contributed by atoms with E-state index >= 15 is 0 Å². The Morgan fingerprint density at radius 3 is 2.50 bits per heavy atom. The fraction of sp³-hybridized carbons (Fsp3) is 0.647. The Morgan fingerprint density at radius 2 is 1.95 bits per heavy atom. The maximum atomic E-state index is 11.7. The fourth-order valence-corrected chi connectivity index (χ4v) is 2.67. The van der Waals surface area contributed by atoms with E-state index in [4.69, 9.17) is 14.6 Å². The lowest BCUT2D eigenvalue weighted by atomic mass is 9.87. The van der Waals surface area contributed by atoms with Crippen molar-refractivity contribution in [3.63, 3.8) is 0 Å². The first-order valence-electron chi connectivity index (χ1n) is 7.65. The number of carboxylic acids is 1. The van der Waals surface area contributed by atoms with Crippen LogP contribution in [0.25, 0.3) is 0 Å². The van der Waals surface area contributed by atoms with Gasteiger partial charge in [0.15, 0.2) is 0 Å². The highest BCUT2D eigenvalue weighted by atomic mass is 16.5. The molecule has 0 aliphatic carbocycles. The molecule has 0 saturated carbocycles. The van der Waals surface area contributed by atoms with Crippen molar-refractivity contribution in [2.24, 2.45) is 0 Å². The highest BCUT2D eigenvalue weighted by Gasteiger charge is 2.35. The molecule has 1 N–H and O–H groups in total. The minimum Gasteiger partial charge on any atom is -0.481 e. The van der Waals surface area contributed by atoms with Gasteiger partial charge >= 0.3 is 11.9 Å². The lowest BCUT2D eigenvalue weighted by Gasteiger charge is -2.41. The average molecular weight is 310 g/mol. The largest absolute Gasteiger partial charge is 0.481 e. The summed E-state index contributed by atoms with van der Waals surface area (Å²) in [5.41, 5.74) is -0.447. The van der Waals surface area contributed by atoms with Crippen LogP contribution in [0.3, 0.4) is 0 Å². The van der Waals surface area contributed by atoms with Crippen LogP contribution >= 0.6 is 0 Å². The van der Waals surface area contributed by atoms with Crippen LogP contribution in [-0.4, -0.2) is 34.9 Å². The van der Waals surface area contributed by atoms with Crippen molar-refractivity contribution in [2.75, 3.05) is 6.61 Å². The van der Waals surface area contributed by atoms with E-state index in [-0.39, 0.29) is 24.2 Å². The summed E-state index contributed by atoms with van der Waals surface area (Å²) in [6.07, 6.45) is 7.70. The van der Waals surface area contributed by atoms with Gasteiger partial charge in [-0.3, -0.25) is 4.79 Å². The van der Waals surface area contributed by atoms with Crippen molar-refractivity contribution in [3.05, 3.63) is 23.8 Å². The van der Waals surface area contributed by atoms with Gasteiger partial charge in [-0.1, -0.05) is 18.2 Å². The molecule has 22 heavy (non-hydrogen) atoms. The Kier molecular flexibility index (Phi) is 6.35. The number of carbonyl (C=O) groups is 2. The smallest absolute Gasteiger partial charge is 0.334 e. The number of ether oxygens (including phenoxy) is 2. The van der Waals surface area contributed by atoms with E-state index in [1.54, 1.807) is 13.0 Å². The molecular weight excluding hydrogens is 284 g/mol. The van der Waals surface area contributed by atoms with E-state index in [1.807, 2.05) is 13.0 Å². The van der Waals surface area contributed by atoms with Crippen LogP contribution in [0.15, 0.2) is 23.8 Å². The summed E-state index contributed by atoms with van der Waals surface area (Å²) < 4.78 is 11.0. The maximum absolute atomic E-state index is 11.7. The zero-order valence-corrected chi connectivity index (χ0v) is 13.8. The molecule has 0 bridgehead atoms. The molecule has 1 saturated heterocycles. The number of carboxylic acid groups (broad SMARTS) is 1. The Morgan fingerprint density at radius 1 is 1.27 bits per heavy atom. The van der Waals surface area contributed by atoms with Crippen molar-refractivity contribution >= 4 is 11.9 Å². The van der Waals surface area contributed by atoms with E-state index in [0.717, 1.165) is 19.3 Å². The number of hydrogen-bond donors (Lipinski definition) is 1. The summed E-state index contributed by atoms with van der Waals surface area (Å²) in [4.78, 5) is 22.6. The van der Waals surface area contributed by atoms with Gasteiger partial charge in [-0.05, 0) is 47.0 Å². The number of aliphatic carboxylic acids is 1. The minimum atomic E-state index is -1.06. The molecule has 1 aliphatic rings. The van der Waals surface area contributed by atoms with Crippen LogP contribution in [0.4, 0.5) is 0 Å². The van der Waals surface area contributed by atoms with Crippen LogP contribution in [0.1, 0.15) is 53.4 Å². The normalized spacial score (nSPS) is 25.2. The standard InChI is InChI=1S/C17H26O5/c1-5-21-15(20)13(12-14(18)19)8-6-10-17(4)11-7-9-16(2,3)22-17/h6,8,10H,5,7,9,11-12H2,1-4H3,(H,18,19)/b10-6+,13-8+/t17-/m0/s1. The number of rotatable bonds is 6. The first-order chi connectivity index (χ1) is 10.2. The molecule has 0 aromatic heterocycles. The molecule has 1 aliphatic heterocycles. The van der Waals surface area contributed by atoms with Crippen molar-refractivity contribution in [1.82, 2.24) is 0 Å². The van der Waals surface area contributed by atoms with E-state index in [0.29, 0.717) is 0 Å². The van der Waals surface area contributed by atoms with Gasteiger partial charge in [0.2, 0.25) is 0 Å². The first kappa shape index (κ1) is 18.4. The zero-order chi connectivity index (χ0) is 16.8. The van der Waals surface area contributed by atoms with Crippen LogP contribution in [0, 0.1) is 0 Å². The summed E-state index contributed by atoms with van der Waals surface area (Å²) in [7, 11) is 0. The third kappa shape index (κ3) is 6.02. The van der Waals surface area contributed by atoms with E-state index in [1.165, 1.54) is 6.08 Å². The molecule has 1 rings (SSSR count). The second kappa shape index (κ2) is 7.58. The van der Waals surface area contributed by atoms with Gasteiger partial charge in [-0.15, -0.1) is 0 Å². The third-order valence-electron chi connectivity index (χ3n) is 3.59. The van der Waals surface area contributed by atoms with Gasteiger partial charge < -0.3 is 14.6 Å². The Bertz CT molecular complexity index is 475. The third-order valence-corrected chi connectivity index (χ3v) is 3.59. The Labute approximate surface area is 132 Å². The monoisotopic (exact) mass is 310 g/mol. The highest BCUT2D eigenvalue weighted by Crippen LogP contribution is 2.35. The van der Waals surface area contributed by atoms with Gasteiger partial charge in [0.05, 0.1) is 24.2 Å². The van der Waals surface area contributed by atoms with Gasteiger partial charge in [0, 0.05) is 5.57 Å². The summed E-state index contributed by atoms with van der Waals surface area (Å²) in [5.74, 6) is -1.65. The van der Waals surface area contributed by atoms with Crippen molar-refractivity contribution in [1.29, 1.82) is 0 Å². The molecule has 1 atom stereocenters. The second-order valence-corrected chi connectivity index (χ2v) is 6.37. The molecule has 124 valence electrons. The topological polar surface area (TPSA) is 72.8 Å². The van der Waals surface area contributed by atoms with E-state index in [9.17, 15) is 9.59 Å². The average Bonchev–Trinajstić information content (AvgIpc) is 2.35. The van der Waals surface area contributed by atoms with Gasteiger partial charge in [-0.25, -0.2) is 4.79 Å². The number of hydrogen-bond acceptors (Lipinski definition) is 4. The molecule has 5 heteroatoms. The van der Waals surface area contributed by atoms with Gasteiger partial charge in [-0.2, -0.15) is 0 Å². The zero-order valence-electron chi connectivity index (χ0n) is 13.8. The Balaban J connectivity index is 2.83. The van der Waals surface area contributed by atoms with Gasteiger partial charge in [0.25, 0.3) is 0 Å². The fourth-order valence-electron chi connectivity index (χ4n) is 2.67. The molecule has 1 fully saturated rings. The summed E-state index contributed by atoms with van der Waals surface area (Å²) in [6, 6.07) is 0. The molecule has 0 unspecified atom stereocenters. The van der Waals surface area contributed by atoms with Crippen molar-refractivity contribution in [2.45, 2.75) is 64.6 Å². The molecule has 0 aromatic carbocycles. The minimum absolute atomic E-state index is 0.129. The maximum Gasteiger partial charge on any atom is 0.334 e. The SMILES string of the molecule is CCOC(=O)/C(=C/C=C/[C@@]1(C)CCCC(C)(C)O1)CC(=O)O. The highest BCUT2D eigenvalue weighted by molar-refractivity contribution is 5.93. The summed E-state index contributed by atoms with van der Waals surface area (Å²) >= 11 is 0. The van der Waals surface area contributed by atoms with Crippen LogP contribution in [0.2, 0.25) is 0 Å². The molecule has 0 aromatic rings. The quantitative estimate of drug-likeness (QED) is 0.463. The summed E-state index contributed by atoms with van der Waals surface area (Å²) in [5, 5.41) is 8.87. The number of carbonyl (C=O) groups excluding carboxylic acids is 1. The van der Waals surface area contributed by atoms with Crippen molar-refractivity contribution in [3.8, 4) is 0 Å². The lowest BCUT2D eigenvalue weighted by molar-refractivity contribution is -0.142. The predicted octanol–water partition coefficient (Wildman–Crippen LogP) is 3.24. The van der Waals surface area contributed by atoms with E-state index in [2.05, 4.69) is 13.8 Å². The number of esters is 1. The summed E-state index contributed by atoms with van der Waals surface area (Å²) in [6.45, 7) is 8.02. The first-order valence-corrected chi connectivity index (χ1v) is 7.65. The second-order valence-electron chi connectivity index (χ2n) is 6.37. The van der Waals surface area contributed by atoms with Crippen LogP contribution in [0.5, 0.6) is 0 Å². The van der Waals surface area contributed by atoms with Crippen molar-refractivity contribution < 1.29 is 24.2 Å². The lowest BCUT2D eigenvalue weighted by Crippen LogP contribution is -2.42. The molecule has 0 amide bonds. The van der Waals surface area contributed by atoms with E-state index < -0.39 is 17.5 Å². The molecule has 0 radical (unpaired) electrons.